The predicted molar refractivity (Wildman–Crippen MR) is 77.1 cm³/mol. The molecule has 1 aliphatic heterocycles. The van der Waals surface area contributed by atoms with Gasteiger partial charge in [0.05, 0.1) is 23.7 Å². The summed E-state index contributed by atoms with van der Waals surface area (Å²) in [6.45, 7) is 1.86. The van der Waals surface area contributed by atoms with Crippen LogP contribution >= 0.6 is 0 Å². The van der Waals surface area contributed by atoms with E-state index in [4.69, 9.17) is 0 Å². The topological polar surface area (TPSA) is 81.1 Å². The van der Waals surface area contributed by atoms with E-state index in [1.54, 1.807) is 29.1 Å². The van der Waals surface area contributed by atoms with Gasteiger partial charge in [0.25, 0.3) is 0 Å². The van der Waals surface area contributed by atoms with Crippen LogP contribution in [0.5, 0.6) is 0 Å². The van der Waals surface area contributed by atoms with Crippen LogP contribution in [0.15, 0.2) is 36.6 Å². The number of rotatable bonds is 4. The highest BCUT2D eigenvalue weighted by molar-refractivity contribution is 7.91. The SMILES string of the molecule is C/C=C/C=C\C(=O)Nc1ccnn1[C@@H]1CCS(=O)(=O)C1. The second-order valence-corrected chi connectivity index (χ2v) is 6.82. The second kappa shape index (κ2) is 6.04. The normalized spacial score (nSPS) is 21.8. The second-order valence-electron chi connectivity index (χ2n) is 4.59. The molecule has 0 spiro atoms. The van der Waals surface area contributed by atoms with E-state index in [2.05, 4.69) is 10.4 Å². The number of amides is 1. The summed E-state index contributed by atoms with van der Waals surface area (Å²) in [5.41, 5.74) is 0. The number of hydrogen-bond acceptors (Lipinski definition) is 4. The quantitative estimate of drug-likeness (QED) is 0.671. The molecule has 1 aromatic rings. The van der Waals surface area contributed by atoms with Gasteiger partial charge in [-0.3, -0.25) is 4.79 Å². The number of allylic oxidation sites excluding steroid dienone is 3. The maximum absolute atomic E-state index is 11.7. The molecule has 2 rings (SSSR count). The van der Waals surface area contributed by atoms with Gasteiger partial charge in [-0.05, 0) is 13.3 Å². The summed E-state index contributed by atoms with van der Waals surface area (Å²) in [5.74, 6) is 0.492. The van der Waals surface area contributed by atoms with Crippen molar-refractivity contribution in [1.82, 2.24) is 9.78 Å². The van der Waals surface area contributed by atoms with Gasteiger partial charge in [-0.25, -0.2) is 13.1 Å². The summed E-state index contributed by atoms with van der Waals surface area (Å²) in [5, 5.41) is 6.81. The predicted octanol–water partition coefficient (Wildman–Crippen LogP) is 1.31. The summed E-state index contributed by atoms with van der Waals surface area (Å²) < 4.78 is 24.6. The molecule has 0 bridgehead atoms. The van der Waals surface area contributed by atoms with Gasteiger partial charge in [0.15, 0.2) is 9.84 Å². The first-order chi connectivity index (χ1) is 9.52. The Labute approximate surface area is 118 Å². The fraction of sp³-hybridized carbons (Fsp3) is 0.385. The Morgan fingerprint density at radius 3 is 2.95 bits per heavy atom. The molecule has 1 fully saturated rings. The molecule has 1 saturated heterocycles. The fourth-order valence-electron chi connectivity index (χ4n) is 2.09. The van der Waals surface area contributed by atoms with Crippen molar-refractivity contribution in [2.75, 3.05) is 16.8 Å². The Morgan fingerprint density at radius 2 is 2.30 bits per heavy atom. The van der Waals surface area contributed by atoms with E-state index in [1.807, 2.05) is 13.0 Å². The molecular formula is C13H17N3O3S. The van der Waals surface area contributed by atoms with Gasteiger partial charge in [-0.2, -0.15) is 5.10 Å². The van der Waals surface area contributed by atoms with Crippen LogP contribution in [-0.4, -0.2) is 35.6 Å². The molecular weight excluding hydrogens is 278 g/mol. The number of carbonyl (C=O) groups is 1. The van der Waals surface area contributed by atoms with Crippen molar-refractivity contribution in [3.05, 3.63) is 36.6 Å². The molecule has 108 valence electrons. The lowest BCUT2D eigenvalue weighted by atomic mass is 10.3. The Balaban J connectivity index is 2.08. The number of sulfone groups is 1. The van der Waals surface area contributed by atoms with E-state index >= 15 is 0 Å². The van der Waals surface area contributed by atoms with E-state index in [0.717, 1.165) is 0 Å². The van der Waals surface area contributed by atoms with Gasteiger partial charge in [-0.15, -0.1) is 0 Å². The first-order valence-corrected chi connectivity index (χ1v) is 8.18. The van der Waals surface area contributed by atoms with Crippen LogP contribution in [0.1, 0.15) is 19.4 Å². The molecule has 0 unspecified atom stereocenters. The zero-order chi connectivity index (χ0) is 14.6. The van der Waals surface area contributed by atoms with Gasteiger partial charge in [0, 0.05) is 12.1 Å². The Kier molecular flexibility index (Phi) is 4.39. The monoisotopic (exact) mass is 295 g/mol. The smallest absolute Gasteiger partial charge is 0.249 e. The standard InChI is InChI=1S/C13H17N3O3S/c1-2-3-4-5-13(17)15-12-6-8-14-16(12)11-7-9-20(18,19)10-11/h2-6,8,11H,7,9-10H2,1H3,(H,15,17)/b3-2+,5-4-/t11-/m1/s1. The van der Waals surface area contributed by atoms with Crippen molar-refractivity contribution < 1.29 is 13.2 Å². The molecule has 1 aromatic heterocycles. The molecule has 7 heteroatoms. The summed E-state index contributed by atoms with van der Waals surface area (Å²) >= 11 is 0. The number of carbonyl (C=O) groups excluding carboxylic acids is 1. The van der Waals surface area contributed by atoms with E-state index in [9.17, 15) is 13.2 Å². The van der Waals surface area contributed by atoms with Crippen molar-refractivity contribution >= 4 is 21.6 Å². The highest BCUT2D eigenvalue weighted by Gasteiger charge is 2.30. The number of nitrogens with zero attached hydrogens (tertiary/aromatic N) is 2. The highest BCUT2D eigenvalue weighted by atomic mass is 32.2. The average Bonchev–Trinajstić information content (AvgIpc) is 2.96. The van der Waals surface area contributed by atoms with Crippen molar-refractivity contribution in [3.63, 3.8) is 0 Å². The number of nitrogens with one attached hydrogen (secondary N) is 1. The van der Waals surface area contributed by atoms with Crippen LogP contribution in [0.4, 0.5) is 5.82 Å². The van der Waals surface area contributed by atoms with Crippen LogP contribution in [-0.2, 0) is 14.6 Å². The molecule has 20 heavy (non-hydrogen) atoms. The van der Waals surface area contributed by atoms with Crippen LogP contribution in [0.3, 0.4) is 0 Å². The lowest BCUT2D eigenvalue weighted by molar-refractivity contribution is -0.111. The fourth-order valence-corrected chi connectivity index (χ4v) is 3.79. The first-order valence-electron chi connectivity index (χ1n) is 6.36. The van der Waals surface area contributed by atoms with Gasteiger partial charge in [0.1, 0.15) is 5.82 Å². The maximum Gasteiger partial charge on any atom is 0.249 e. The van der Waals surface area contributed by atoms with Crippen LogP contribution in [0.25, 0.3) is 0 Å². The molecule has 0 aromatic carbocycles. The average molecular weight is 295 g/mol. The largest absolute Gasteiger partial charge is 0.307 e. The zero-order valence-corrected chi connectivity index (χ0v) is 12.0. The number of anilines is 1. The summed E-state index contributed by atoms with van der Waals surface area (Å²) in [4.78, 5) is 11.7. The molecule has 0 aliphatic carbocycles. The number of hydrogen-bond donors (Lipinski definition) is 1. The zero-order valence-electron chi connectivity index (χ0n) is 11.2. The van der Waals surface area contributed by atoms with Gasteiger partial charge in [0.2, 0.25) is 5.91 Å². The summed E-state index contributed by atoms with van der Waals surface area (Å²) in [6, 6.07) is 1.46. The molecule has 1 aliphatic rings. The van der Waals surface area contributed by atoms with Crippen molar-refractivity contribution in [3.8, 4) is 0 Å². The summed E-state index contributed by atoms with van der Waals surface area (Å²) in [7, 11) is -2.98. The van der Waals surface area contributed by atoms with Crippen molar-refractivity contribution in [2.45, 2.75) is 19.4 Å². The molecule has 1 amide bonds. The number of aromatic nitrogens is 2. The first kappa shape index (κ1) is 14.5. The third-order valence-electron chi connectivity index (χ3n) is 3.03. The van der Waals surface area contributed by atoms with E-state index in [1.165, 1.54) is 6.08 Å². The molecule has 1 N–H and O–H groups in total. The minimum atomic E-state index is -2.98. The minimum absolute atomic E-state index is 0.0754. The summed E-state index contributed by atoms with van der Waals surface area (Å²) in [6.07, 6.45) is 8.69. The lowest BCUT2D eigenvalue weighted by Crippen LogP contribution is -2.18. The lowest BCUT2D eigenvalue weighted by Gasteiger charge is -2.12. The highest BCUT2D eigenvalue weighted by Crippen LogP contribution is 2.26. The molecule has 0 radical (unpaired) electrons. The Hall–Kier alpha value is -1.89. The Bertz CT molecular complexity index is 644. The van der Waals surface area contributed by atoms with Crippen LogP contribution in [0, 0.1) is 0 Å². The third kappa shape index (κ3) is 3.57. The van der Waals surface area contributed by atoms with Crippen molar-refractivity contribution in [2.24, 2.45) is 0 Å². The third-order valence-corrected chi connectivity index (χ3v) is 4.78. The molecule has 2 heterocycles. The van der Waals surface area contributed by atoms with E-state index < -0.39 is 9.84 Å². The van der Waals surface area contributed by atoms with E-state index in [-0.39, 0.29) is 23.5 Å². The van der Waals surface area contributed by atoms with Crippen LogP contribution in [0.2, 0.25) is 0 Å². The van der Waals surface area contributed by atoms with Crippen LogP contribution < -0.4 is 5.32 Å². The van der Waals surface area contributed by atoms with Gasteiger partial charge in [-0.1, -0.05) is 18.2 Å². The minimum Gasteiger partial charge on any atom is -0.307 e. The maximum atomic E-state index is 11.7. The van der Waals surface area contributed by atoms with Crippen molar-refractivity contribution in [1.29, 1.82) is 0 Å². The molecule has 0 saturated carbocycles. The Morgan fingerprint density at radius 1 is 1.50 bits per heavy atom. The molecule has 6 nitrogen and oxygen atoms in total. The van der Waals surface area contributed by atoms with Gasteiger partial charge >= 0.3 is 0 Å². The van der Waals surface area contributed by atoms with E-state index in [0.29, 0.717) is 12.2 Å². The molecule has 1 atom stereocenters. The van der Waals surface area contributed by atoms with Gasteiger partial charge < -0.3 is 5.32 Å².